The highest BCUT2D eigenvalue weighted by Crippen LogP contribution is 2.17. The molecule has 1 rings (SSSR count). The Morgan fingerprint density at radius 2 is 2.13 bits per heavy atom. The summed E-state index contributed by atoms with van der Waals surface area (Å²) in [6, 6.07) is 7.75. The van der Waals surface area contributed by atoms with E-state index < -0.39 is 5.60 Å². The maximum absolute atomic E-state index is 9.53. The highest BCUT2D eigenvalue weighted by molar-refractivity contribution is 5.48. The number of aliphatic hydroxyl groups is 1. The van der Waals surface area contributed by atoms with Crippen LogP contribution in [-0.4, -0.2) is 24.4 Å². The number of hydrogen-bond acceptors (Lipinski definition) is 3. The molecule has 0 bridgehead atoms. The van der Waals surface area contributed by atoms with E-state index in [1.54, 1.807) is 21.0 Å². The lowest BCUT2D eigenvalue weighted by atomic mass is 10.1. The van der Waals surface area contributed by atoms with Crippen LogP contribution in [0.3, 0.4) is 0 Å². The van der Waals surface area contributed by atoms with Crippen LogP contribution in [0, 0.1) is 0 Å². The van der Waals surface area contributed by atoms with Crippen LogP contribution in [0.4, 0.5) is 5.69 Å². The summed E-state index contributed by atoms with van der Waals surface area (Å²) >= 11 is 0. The highest BCUT2D eigenvalue weighted by atomic mass is 16.5. The van der Waals surface area contributed by atoms with Crippen LogP contribution in [-0.2, 0) is 0 Å². The zero-order valence-electron chi connectivity index (χ0n) is 9.58. The molecule has 2 N–H and O–H groups in total. The minimum atomic E-state index is -0.619. The SMILES string of the molecule is COc1cccc(NCCC(C)(C)O)c1. The van der Waals surface area contributed by atoms with Crippen LogP contribution < -0.4 is 10.1 Å². The van der Waals surface area contributed by atoms with Gasteiger partial charge in [-0.1, -0.05) is 6.07 Å². The molecule has 0 aromatic heterocycles. The molecule has 3 heteroatoms. The van der Waals surface area contributed by atoms with E-state index in [0.717, 1.165) is 18.0 Å². The second-order valence-electron chi connectivity index (χ2n) is 4.22. The van der Waals surface area contributed by atoms with Crippen molar-refractivity contribution in [1.82, 2.24) is 0 Å². The summed E-state index contributed by atoms with van der Waals surface area (Å²) in [5, 5.41) is 12.8. The first kappa shape index (κ1) is 11.9. The van der Waals surface area contributed by atoms with Gasteiger partial charge in [-0.3, -0.25) is 0 Å². The van der Waals surface area contributed by atoms with E-state index >= 15 is 0 Å². The Balaban J connectivity index is 2.44. The van der Waals surface area contributed by atoms with Crippen LogP contribution >= 0.6 is 0 Å². The molecule has 0 saturated carbocycles. The van der Waals surface area contributed by atoms with Crippen LogP contribution in [0.15, 0.2) is 24.3 Å². The molecule has 0 spiro atoms. The third kappa shape index (κ3) is 4.70. The monoisotopic (exact) mass is 209 g/mol. The molecular weight excluding hydrogens is 190 g/mol. The minimum Gasteiger partial charge on any atom is -0.497 e. The largest absolute Gasteiger partial charge is 0.497 e. The van der Waals surface area contributed by atoms with Crippen LogP contribution in [0.25, 0.3) is 0 Å². The highest BCUT2D eigenvalue weighted by Gasteiger charge is 2.11. The summed E-state index contributed by atoms with van der Waals surface area (Å²) in [5.41, 5.74) is 0.393. The zero-order valence-corrected chi connectivity index (χ0v) is 9.58. The number of methoxy groups -OCH3 is 1. The van der Waals surface area contributed by atoms with Gasteiger partial charge in [-0.25, -0.2) is 0 Å². The average molecular weight is 209 g/mol. The molecule has 0 amide bonds. The van der Waals surface area contributed by atoms with Crippen molar-refractivity contribution >= 4 is 5.69 Å². The molecule has 1 aromatic carbocycles. The Morgan fingerprint density at radius 1 is 1.40 bits per heavy atom. The number of nitrogens with one attached hydrogen (secondary N) is 1. The standard InChI is InChI=1S/C12H19NO2/c1-12(2,14)7-8-13-10-5-4-6-11(9-10)15-3/h4-6,9,13-14H,7-8H2,1-3H3. The Labute approximate surface area is 91.1 Å². The lowest BCUT2D eigenvalue weighted by Crippen LogP contribution is -2.22. The fraction of sp³-hybridized carbons (Fsp3) is 0.500. The normalized spacial score (nSPS) is 11.2. The zero-order chi connectivity index (χ0) is 11.3. The first-order chi connectivity index (χ1) is 7.01. The van der Waals surface area contributed by atoms with Gasteiger partial charge in [0.05, 0.1) is 12.7 Å². The van der Waals surface area contributed by atoms with Gasteiger partial charge in [-0.05, 0) is 32.4 Å². The van der Waals surface area contributed by atoms with Gasteiger partial charge in [0.25, 0.3) is 0 Å². The topological polar surface area (TPSA) is 41.5 Å². The third-order valence-corrected chi connectivity index (χ3v) is 2.14. The molecule has 0 fully saturated rings. The average Bonchev–Trinajstić information content (AvgIpc) is 2.16. The number of anilines is 1. The lowest BCUT2D eigenvalue weighted by molar-refractivity contribution is 0.0749. The molecule has 15 heavy (non-hydrogen) atoms. The van der Waals surface area contributed by atoms with E-state index in [4.69, 9.17) is 4.74 Å². The summed E-state index contributed by atoms with van der Waals surface area (Å²) < 4.78 is 5.11. The van der Waals surface area contributed by atoms with Crippen molar-refractivity contribution in [2.75, 3.05) is 19.0 Å². The molecule has 0 aliphatic rings. The fourth-order valence-corrected chi connectivity index (χ4v) is 1.25. The van der Waals surface area contributed by atoms with Gasteiger partial charge in [0, 0.05) is 18.3 Å². The molecule has 0 aliphatic carbocycles. The molecule has 3 nitrogen and oxygen atoms in total. The van der Waals surface area contributed by atoms with Crippen molar-refractivity contribution < 1.29 is 9.84 Å². The summed E-state index contributed by atoms with van der Waals surface area (Å²) in [6.45, 7) is 4.36. The number of rotatable bonds is 5. The second-order valence-corrected chi connectivity index (χ2v) is 4.22. The predicted octanol–water partition coefficient (Wildman–Crippen LogP) is 2.27. The molecule has 0 unspecified atom stereocenters. The summed E-state index contributed by atoms with van der Waals surface area (Å²) in [5.74, 6) is 0.836. The molecule has 0 radical (unpaired) electrons. The van der Waals surface area contributed by atoms with Crippen molar-refractivity contribution in [2.45, 2.75) is 25.9 Å². The van der Waals surface area contributed by atoms with E-state index in [-0.39, 0.29) is 0 Å². The van der Waals surface area contributed by atoms with Crippen molar-refractivity contribution in [3.8, 4) is 5.75 Å². The first-order valence-corrected chi connectivity index (χ1v) is 5.11. The van der Waals surface area contributed by atoms with Gasteiger partial charge in [-0.15, -0.1) is 0 Å². The molecule has 1 aromatic rings. The van der Waals surface area contributed by atoms with Crippen LogP contribution in [0.1, 0.15) is 20.3 Å². The Kier molecular flexibility index (Phi) is 3.97. The number of hydrogen-bond donors (Lipinski definition) is 2. The van der Waals surface area contributed by atoms with Gasteiger partial charge in [-0.2, -0.15) is 0 Å². The van der Waals surface area contributed by atoms with Gasteiger partial charge in [0.2, 0.25) is 0 Å². The predicted molar refractivity (Wildman–Crippen MR) is 62.4 cm³/mol. The Bertz CT molecular complexity index is 305. The minimum absolute atomic E-state index is 0.619. The van der Waals surface area contributed by atoms with Crippen molar-refractivity contribution in [2.24, 2.45) is 0 Å². The second kappa shape index (κ2) is 5.03. The molecular formula is C12H19NO2. The quantitative estimate of drug-likeness (QED) is 0.781. The summed E-state index contributed by atoms with van der Waals surface area (Å²) in [4.78, 5) is 0. The van der Waals surface area contributed by atoms with E-state index in [2.05, 4.69) is 5.32 Å². The fourth-order valence-electron chi connectivity index (χ4n) is 1.25. The van der Waals surface area contributed by atoms with E-state index in [9.17, 15) is 5.11 Å². The van der Waals surface area contributed by atoms with Gasteiger partial charge >= 0.3 is 0 Å². The molecule has 0 heterocycles. The van der Waals surface area contributed by atoms with Gasteiger partial charge < -0.3 is 15.2 Å². The molecule has 0 atom stereocenters. The van der Waals surface area contributed by atoms with Crippen molar-refractivity contribution in [3.05, 3.63) is 24.3 Å². The van der Waals surface area contributed by atoms with Crippen molar-refractivity contribution in [1.29, 1.82) is 0 Å². The van der Waals surface area contributed by atoms with Crippen LogP contribution in [0.2, 0.25) is 0 Å². The summed E-state index contributed by atoms with van der Waals surface area (Å²) in [6.07, 6.45) is 0.713. The molecule has 0 saturated heterocycles. The van der Waals surface area contributed by atoms with E-state index in [1.165, 1.54) is 0 Å². The molecule has 84 valence electrons. The number of ether oxygens (including phenoxy) is 1. The molecule has 0 aliphatic heterocycles. The van der Waals surface area contributed by atoms with Crippen LogP contribution in [0.5, 0.6) is 5.75 Å². The van der Waals surface area contributed by atoms with Gasteiger partial charge in [0.15, 0.2) is 0 Å². The first-order valence-electron chi connectivity index (χ1n) is 5.11. The van der Waals surface area contributed by atoms with E-state index in [1.807, 2.05) is 24.3 Å². The lowest BCUT2D eigenvalue weighted by Gasteiger charge is -2.17. The van der Waals surface area contributed by atoms with Gasteiger partial charge in [0.1, 0.15) is 5.75 Å². The third-order valence-electron chi connectivity index (χ3n) is 2.14. The summed E-state index contributed by atoms with van der Waals surface area (Å²) in [7, 11) is 1.65. The maximum atomic E-state index is 9.53. The number of benzene rings is 1. The Morgan fingerprint density at radius 3 is 2.73 bits per heavy atom. The smallest absolute Gasteiger partial charge is 0.120 e. The van der Waals surface area contributed by atoms with Crippen molar-refractivity contribution in [3.63, 3.8) is 0 Å². The maximum Gasteiger partial charge on any atom is 0.120 e. The van der Waals surface area contributed by atoms with E-state index in [0.29, 0.717) is 6.42 Å². The Hall–Kier alpha value is -1.22.